The Labute approximate surface area is 171 Å². The van der Waals surface area contributed by atoms with Gasteiger partial charge >= 0.3 is 0 Å². The van der Waals surface area contributed by atoms with Crippen molar-refractivity contribution in [3.05, 3.63) is 82.1 Å². The lowest BCUT2D eigenvalue weighted by Gasteiger charge is -2.15. The lowest BCUT2D eigenvalue weighted by atomic mass is 10.1. The van der Waals surface area contributed by atoms with Gasteiger partial charge in [-0.2, -0.15) is 5.10 Å². The van der Waals surface area contributed by atoms with Crippen LogP contribution < -0.4 is 10.2 Å². The summed E-state index contributed by atoms with van der Waals surface area (Å²) >= 11 is 6.12. The highest BCUT2D eigenvalue weighted by atomic mass is 35.5. The molecule has 146 valence electrons. The first kappa shape index (κ1) is 18.9. The van der Waals surface area contributed by atoms with Crippen molar-refractivity contribution >= 4 is 35.0 Å². The number of nitrogens with one attached hydrogen (secondary N) is 1. The summed E-state index contributed by atoms with van der Waals surface area (Å²) in [6.07, 6.45) is 1.54. The predicted octanol–water partition coefficient (Wildman–Crippen LogP) is 3.29. The van der Waals surface area contributed by atoms with Crippen LogP contribution in [-0.4, -0.2) is 27.5 Å². The standard InChI is InChI=1S/C21H17ClN4O3/c1-2-25-18(17(22)11-24-25)12-23-19(27)13-6-5-7-14(10-13)26-20(28)15-8-3-4-9-16(15)21(26)29/h3-11H,2,12H2,1H3,(H,23,27). The average Bonchev–Trinajstić information content (AvgIpc) is 3.23. The number of amides is 3. The second-order valence-corrected chi connectivity index (χ2v) is 6.89. The van der Waals surface area contributed by atoms with Gasteiger partial charge in [-0.1, -0.05) is 29.8 Å². The molecule has 0 fully saturated rings. The van der Waals surface area contributed by atoms with E-state index in [1.807, 2.05) is 6.92 Å². The molecular formula is C21H17ClN4O3. The lowest BCUT2D eigenvalue weighted by Crippen LogP contribution is -2.30. The van der Waals surface area contributed by atoms with Gasteiger partial charge in [0.25, 0.3) is 17.7 Å². The van der Waals surface area contributed by atoms with Crippen LogP contribution in [0.2, 0.25) is 5.02 Å². The predicted molar refractivity (Wildman–Crippen MR) is 108 cm³/mol. The van der Waals surface area contributed by atoms with Crippen molar-refractivity contribution in [2.24, 2.45) is 0 Å². The average molecular weight is 409 g/mol. The third-order valence-electron chi connectivity index (χ3n) is 4.77. The molecule has 8 heteroatoms. The van der Waals surface area contributed by atoms with Crippen molar-refractivity contribution in [1.29, 1.82) is 0 Å². The molecule has 1 aromatic heterocycles. The number of hydrogen-bond acceptors (Lipinski definition) is 4. The van der Waals surface area contributed by atoms with Crippen molar-refractivity contribution in [2.45, 2.75) is 20.0 Å². The van der Waals surface area contributed by atoms with E-state index in [1.54, 1.807) is 47.1 Å². The smallest absolute Gasteiger partial charge is 0.266 e. The fourth-order valence-electron chi connectivity index (χ4n) is 3.31. The first-order chi connectivity index (χ1) is 14.0. The van der Waals surface area contributed by atoms with Crippen LogP contribution in [0.25, 0.3) is 0 Å². The van der Waals surface area contributed by atoms with E-state index in [-0.39, 0.29) is 12.5 Å². The molecule has 3 aromatic rings. The number of aromatic nitrogens is 2. The van der Waals surface area contributed by atoms with Gasteiger partial charge in [0.1, 0.15) is 0 Å². The topological polar surface area (TPSA) is 84.3 Å². The van der Waals surface area contributed by atoms with Gasteiger partial charge in [-0.15, -0.1) is 0 Å². The molecule has 7 nitrogen and oxygen atoms in total. The minimum Gasteiger partial charge on any atom is -0.346 e. The number of fused-ring (bicyclic) bond motifs is 1. The van der Waals surface area contributed by atoms with Crippen LogP contribution in [0.1, 0.15) is 43.7 Å². The molecule has 2 heterocycles. The number of carbonyl (C=O) groups excluding carboxylic acids is 3. The largest absolute Gasteiger partial charge is 0.346 e. The Hall–Kier alpha value is -3.45. The molecule has 0 saturated heterocycles. The number of benzene rings is 2. The molecule has 0 aliphatic carbocycles. The van der Waals surface area contributed by atoms with Gasteiger partial charge in [-0.25, -0.2) is 4.90 Å². The van der Waals surface area contributed by atoms with Crippen LogP contribution in [0, 0.1) is 0 Å². The molecule has 1 aliphatic heterocycles. The summed E-state index contributed by atoms with van der Waals surface area (Å²) in [7, 11) is 0. The Morgan fingerprint density at radius 1 is 1.07 bits per heavy atom. The fourth-order valence-corrected chi connectivity index (χ4v) is 3.52. The van der Waals surface area contributed by atoms with Crippen molar-refractivity contribution in [1.82, 2.24) is 15.1 Å². The van der Waals surface area contributed by atoms with Crippen molar-refractivity contribution in [3.8, 4) is 0 Å². The minimum absolute atomic E-state index is 0.211. The van der Waals surface area contributed by atoms with E-state index < -0.39 is 11.8 Å². The number of rotatable bonds is 5. The third kappa shape index (κ3) is 3.30. The molecule has 4 rings (SSSR count). The maximum Gasteiger partial charge on any atom is 0.266 e. The van der Waals surface area contributed by atoms with Gasteiger partial charge in [0.2, 0.25) is 0 Å². The molecule has 2 aromatic carbocycles. The van der Waals surface area contributed by atoms with Gasteiger partial charge in [-0.05, 0) is 37.3 Å². The summed E-state index contributed by atoms with van der Waals surface area (Å²) in [5, 5.41) is 7.42. The number of imide groups is 1. The monoisotopic (exact) mass is 408 g/mol. The zero-order valence-electron chi connectivity index (χ0n) is 15.6. The van der Waals surface area contributed by atoms with Crippen LogP contribution in [0.4, 0.5) is 5.69 Å². The summed E-state index contributed by atoms with van der Waals surface area (Å²) in [5.41, 5.74) is 2.10. The normalized spacial score (nSPS) is 13.0. The highest BCUT2D eigenvalue weighted by Gasteiger charge is 2.36. The Bertz CT molecular complexity index is 1100. The molecule has 0 radical (unpaired) electrons. The quantitative estimate of drug-likeness (QED) is 0.656. The van der Waals surface area contributed by atoms with E-state index in [0.717, 1.165) is 4.90 Å². The summed E-state index contributed by atoms with van der Waals surface area (Å²) in [5.74, 6) is -1.15. The maximum atomic E-state index is 12.7. The molecule has 0 spiro atoms. The molecule has 0 unspecified atom stereocenters. The van der Waals surface area contributed by atoms with Gasteiger partial charge in [0.15, 0.2) is 0 Å². The van der Waals surface area contributed by atoms with Crippen LogP contribution in [0.5, 0.6) is 0 Å². The van der Waals surface area contributed by atoms with Crippen LogP contribution >= 0.6 is 11.6 Å². The summed E-state index contributed by atoms with van der Waals surface area (Å²) in [4.78, 5) is 39.0. The molecule has 3 amide bonds. The fraction of sp³-hybridized carbons (Fsp3) is 0.143. The highest BCUT2D eigenvalue weighted by Crippen LogP contribution is 2.28. The van der Waals surface area contributed by atoms with Crippen molar-refractivity contribution in [2.75, 3.05) is 4.90 Å². The molecule has 0 atom stereocenters. The summed E-state index contributed by atoms with van der Waals surface area (Å²) in [6, 6.07) is 13.1. The number of aryl methyl sites for hydroxylation is 1. The first-order valence-electron chi connectivity index (χ1n) is 9.07. The number of anilines is 1. The second kappa shape index (κ2) is 7.52. The SMILES string of the molecule is CCn1ncc(Cl)c1CNC(=O)c1cccc(N2C(=O)c3ccccc3C2=O)c1. The van der Waals surface area contributed by atoms with Crippen LogP contribution in [0.3, 0.4) is 0 Å². The molecule has 0 saturated carbocycles. The van der Waals surface area contributed by atoms with E-state index in [0.29, 0.717) is 39.6 Å². The van der Waals surface area contributed by atoms with Gasteiger partial charge < -0.3 is 5.32 Å². The second-order valence-electron chi connectivity index (χ2n) is 6.48. The number of hydrogen-bond donors (Lipinski definition) is 1. The van der Waals surface area contributed by atoms with Gasteiger partial charge in [0, 0.05) is 12.1 Å². The summed E-state index contributed by atoms with van der Waals surface area (Å²) in [6.45, 7) is 2.77. The Morgan fingerprint density at radius 2 is 1.76 bits per heavy atom. The molecule has 29 heavy (non-hydrogen) atoms. The Kier molecular flexibility index (Phi) is 4.90. The molecule has 1 N–H and O–H groups in total. The maximum absolute atomic E-state index is 12.7. The van der Waals surface area contributed by atoms with E-state index in [4.69, 9.17) is 11.6 Å². The number of nitrogens with zero attached hydrogens (tertiary/aromatic N) is 3. The zero-order chi connectivity index (χ0) is 20.5. The van der Waals surface area contributed by atoms with Crippen molar-refractivity contribution < 1.29 is 14.4 Å². The molecule has 1 aliphatic rings. The third-order valence-corrected chi connectivity index (χ3v) is 5.09. The highest BCUT2D eigenvalue weighted by molar-refractivity contribution is 6.34. The first-order valence-corrected chi connectivity index (χ1v) is 9.45. The van der Waals surface area contributed by atoms with Gasteiger partial charge in [0.05, 0.1) is 40.3 Å². The van der Waals surface area contributed by atoms with E-state index >= 15 is 0 Å². The van der Waals surface area contributed by atoms with Crippen LogP contribution in [-0.2, 0) is 13.1 Å². The molecular weight excluding hydrogens is 392 g/mol. The molecule has 0 bridgehead atoms. The van der Waals surface area contributed by atoms with E-state index in [2.05, 4.69) is 10.4 Å². The number of halogens is 1. The Balaban J connectivity index is 1.55. The Morgan fingerprint density at radius 3 is 2.41 bits per heavy atom. The number of carbonyl (C=O) groups is 3. The van der Waals surface area contributed by atoms with Crippen molar-refractivity contribution in [3.63, 3.8) is 0 Å². The minimum atomic E-state index is -0.401. The lowest BCUT2D eigenvalue weighted by molar-refractivity contribution is 0.0919. The zero-order valence-corrected chi connectivity index (χ0v) is 16.3. The van der Waals surface area contributed by atoms with E-state index in [1.165, 1.54) is 12.3 Å². The van der Waals surface area contributed by atoms with E-state index in [9.17, 15) is 14.4 Å². The van der Waals surface area contributed by atoms with Gasteiger partial charge in [-0.3, -0.25) is 19.1 Å². The summed E-state index contributed by atoms with van der Waals surface area (Å²) < 4.78 is 1.71. The van der Waals surface area contributed by atoms with Crippen LogP contribution in [0.15, 0.2) is 54.7 Å².